The lowest BCUT2D eigenvalue weighted by Gasteiger charge is -2.30. The molecule has 3 heteroatoms. The van der Waals surface area contributed by atoms with E-state index in [-0.39, 0.29) is 5.91 Å². The lowest BCUT2D eigenvalue weighted by atomic mass is 10.1. The van der Waals surface area contributed by atoms with Gasteiger partial charge in [-0.2, -0.15) is 0 Å². The third-order valence-corrected chi connectivity index (χ3v) is 2.98. The molecule has 1 aliphatic rings. The number of nitrogens with zero attached hydrogens (tertiary/aromatic N) is 1. The molecule has 0 saturated carbocycles. The average molecular weight is 229 g/mol. The molecule has 1 fully saturated rings. The van der Waals surface area contributed by atoms with E-state index in [4.69, 9.17) is 6.42 Å². The van der Waals surface area contributed by atoms with Crippen molar-refractivity contribution in [1.29, 1.82) is 0 Å². The van der Waals surface area contributed by atoms with Crippen LogP contribution in [0.4, 0.5) is 0 Å². The van der Waals surface area contributed by atoms with E-state index in [1.165, 1.54) is 0 Å². The number of β-amino-alcohol motifs (C(OH)–C–C–N with tert-alkyl or cyclic N) is 1. The first kappa shape index (κ1) is 11.7. The van der Waals surface area contributed by atoms with Crippen molar-refractivity contribution in [1.82, 2.24) is 4.90 Å². The highest BCUT2D eigenvalue weighted by Gasteiger charge is 2.22. The molecule has 0 aliphatic carbocycles. The Labute approximate surface area is 101 Å². The minimum atomic E-state index is -0.391. The van der Waals surface area contributed by atoms with E-state index >= 15 is 0 Å². The van der Waals surface area contributed by atoms with Gasteiger partial charge in [-0.05, 0) is 37.1 Å². The van der Waals surface area contributed by atoms with Crippen molar-refractivity contribution in [3.05, 3.63) is 35.4 Å². The van der Waals surface area contributed by atoms with Gasteiger partial charge in [-0.25, -0.2) is 0 Å². The van der Waals surface area contributed by atoms with Crippen LogP contribution in [-0.4, -0.2) is 35.1 Å². The summed E-state index contributed by atoms with van der Waals surface area (Å²) in [5.74, 6) is 2.48. The molecular weight excluding hydrogens is 214 g/mol. The Kier molecular flexibility index (Phi) is 3.46. The first-order chi connectivity index (χ1) is 8.20. The fourth-order valence-corrected chi connectivity index (χ4v) is 2.03. The number of aliphatic hydroxyl groups is 1. The summed E-state index contributed by atoms with van der Waals surface area (Å²) in [5, 5.41) is 9.54. The number of hydrogen-bond donors (Lipinski definition) is 1. The molecule has 0 aromatic heterocycles. The summed E-state index contributed by atoms with van der Waals surface area (Å²) in [6.07, 6.45) is 6.50. The number of piperidine rings is 1. The second-order valence-electron chi connectivity index (χ2n) is 4.27. The Bertz CT molecular complexity index is 444. The average Bonchev–Trinajstić information content (AvgIpc) is 2.38. The van der Waals surface area contributed by atoms with Gasteiger partial charge in [-0.1, -0.05) is 5.92 Å². The molecule has 1 unspecified atom stereocenters. The smallest absolute Gasteiger partial charge is 0.253 e. The van der Waals surface area contributed by atoms with Gasteiger partial charge in [-0.3, -0.25) is 4.79 Å². The van der Waals surface area contributed by atoms with E-state index in [2.05, 4.69) is 5.92 Å². The first-order valence-electron chi connectivity index (χ1n) is 5.74. The normalized spacial score (nSPS) is 19.8. The quantitative estimate of drug-likeness (QED) is 0.737. The molecule has 1 N–H and O–H groups in total. The number of terminal acetylenes is 1. The number of carbonyl (C=O) groups is 1. The zero-order valence-electron chi connectivity index (χ0n) is 9.60. The largest absolute Gasteiger partial charge is 0.391 e. The predicted molar refractivity (Wildman–Crippen MR) is 65.5 cm³/mol. The van der Waals surface area contributed by atoms with Crippen LogP contribution in [0, 0.1) is 12.3 Å². The summed E-state index contributed by atoms with van der Waals surface area (Å²) in [5.41, 5.74) is 1.39. The maximum Gasteiger partial charge on any atom is 0.253 e. The second-order valence-corrected chi connectivity index (χ2v) is 4.27. The summed E-state index contributed by atoms with van der Waals surface area (Å²) >= 11 is 0. The number of carbonyl (C=O) groups excluding carboxylic acids is 1. The zero-order chi connectivity index (χ0) is 12.3. The second kappa shape index (κ2) is 5.03. The van der Waals surface area contributed by atoms with Gasteiger partial charge in [0.2, 0.25) is 0 Å². The Morgan fingerprint density at radius 1 is 1.41 bits per heavy atom. The molecule has 1 atom stereocenters. The van der Waals surface area contributed by atoms with Gasteiger partial charge in [0.05, 0.1) is 6.10 Å². The molecule has 0 spiro atoms. The lowest BCUT2D eigenvalue weighted by Crippen LogP contribution is -2.42. The van der Waals surface area contributed by atoms with E-state index in [9.17, 15) is 9.90 Å². The molecule has 1 aromatic carbocycles. The van der Waals surface area contributed by atoms with Gasteiger partial charge in [0, 0.05) is 24.2 Å². The lowest BCUT2D eigenvalue weighted by molar-refractivity contribution is 0.0474. The number of likely N-dealkylation sites (tertiary alicyclic amines) is 1. The highest BCUT2D eigenvalue weighted by molar-refractivity contribution is 5.94. The molecule has 0 bridgehead atoms. The number of aliphatic hydroxyl groups excluding tert-OH is 1. The molecule has 1 heterocycles. The summed E-state index contributed by atoms with van der Waals surface area (Å²) in [6, 6.07) is 6.98. The summed E-state index contributed by atoms with van der Waals surface area (Å²) in [7, 11) is 0. The number of hydrogen-bond acceptors (Lipinski definition) is 2. The van der Waals surface area contributed by atoms with Crippen LogP contribution in [0.1, 0.15) is 28.8 Å². The summed E-state index contributed by atoms with van der Waals surface area (Å²) in [6.45, 7) is 1.14. The predicted octanol–water partition coefficient (Wildman–Crippen LogP) is 1.26. The van der Waals surface area contributed by atoms with E-state index in [0.717, 1.165) is 18.4 Å². The van der Waals surface area contributed by atoms with Crippen LogP contribution in [0.25, 0.3) is 0 Å². The van der Waals surface area contributed by atoms with Crippen molar-refractivity contribution in [2.45, 2.75) is 18.9 Å². The highest BCUT2D eigenvalue weighted by atomic mass is 16.3. The van der Waals surface area contributed by atoms with Crippen molar-refractivity contribution >= 4 is 5.91 Å². The summed E-state index contributed by atoms with van der Waals surface area (Å²) < 4.78 is 0. The van der Waals surface area contributed by atoms with Crippen LogP contribution < -0.4 is 0 Å². The molecule has 2 rings (SSSR count). The standard InChI is InChI=1S/C14H15NO2/c1-2-11-5-7-12(8-6-11)14(17)15-9-3-4-13(16)10-15/h1,5-8,13,16H,3-4,9-10H2. The molecule has 1 aliphatic heterocycles. The van der Waals surface area contributed by atoms with Crippen LogP contribution in [0.2, 0.25) is 0 Å². The molecule has 3 nitrogen and oxygen atoms in total. The minimum absolute atomic E-state index is 0.0349. The Hall–Kier alpha value is -1.79. The van der Waals surface area contributed by atoms with Crippen molar-refractivity contribution in [2.24, 2.45) is 0 Å². The Morgan fingerprint density at radius 2 is 2.12 bits per heavy atom. The summed E-state index contributed by atoms with van der Waals surface area (Å²) in [4.78, 5) is 13.8. The number of rotatable bonds is 1. The number of amides is 1. The maximum absolute atomic E-state index is 12.1. The molecule has 88 valence electrons. The van der Waals surface area contributed by atoms with Crippen LogP contribution in [-0.2, 0) is 0 Å². The molecule has 1 saturated heterocycles. The SMILES string of the molecule is C#Cc1ccc(C(=O)N2CCCC(O)C2)cc1. The molecule has 1 aromatic rings. The van der Waals surface area contributed by atoms with E-state index in [1.54, 1.807) is 29.2 Å². The third-order valence-electron chi connectivity index (χ3n) is 2.98. The highest BCUT2D eigenvalue weighted by Crippen LogP contribution is 2.14. The Balaban J connectivity index is 2.11. The van der Waals surface area contributed by atoms with Crippen LogP contribution in [0.3, 0.4) is 0 Å². The van der Waals surface area contributed by atoms with Crippen molar-refractivity contribution < 1.29 is 9.90 Å². The van der Waals surface area contributed by atoms with Gasteiger partial charge < -0.3 is 10.0 Å². The fraction of sp³-hybridized carbons (Fsp3) is 0.357. The Morgan fingerprint density at radius 3 is 2.71 bits per heavy atom. The third kappa shape index (κ3) is 2.66. The monoisotopic (exact) mass is 229 g/mol. The molecule has 1 amide bonds. The number of benzene rings is 1. The fourth-order valence-electron chi connectivity index (χ4n) is 2.03. The van der Waals surface area contributed by atoms with Crippen LogP contribution >= 0.6 is 0 Å². The topological polar surface area (TPSA) is 40.5 Å². The first-order valence-corrected chi connectivity index (χ1v) is 5.74. The minimum Gasteiger partial charge on any atom is -0.391 e. The van der Waals surface area contributed by atoms with Crippen molar-refractivity contribution in [2.75, 3.05) is 13.1 Å². The van der Waals surface area contributed by atoms with Crippen LogP contribution in [0.15, 0.2) is 24.3 Å². The van der Waals surface area contributed by atoms with Crippen molar-refractivity contribution in [3.63, 3.8) is 0 Å². The molecule has 17 heavy (non-hydrogen) atoms. The van der Waals surface area contributed by atoms with Gasteiger partial charge in [0.15, 0.2) is 0 Å². The molecular formula is C14H15NO2. The van der Waals surface area contributed by atoms with Gasteiger partial charge in [0.25, 0.3) is 5.91 Å². The van der Waals surface area contributed by atoms with E-state index in [1.807, 2.05) is 0 Å². The van der Waals surface area contributed by atoms with E-state index < -0.39 is 6.10 Å². The van der Waals surface area contributed by atoms with Gasteiger partial charge in [-0.15, -0.1) is 6.42 Å². The van der Waals surface area contributed by atoms with Gasteiger partial charge >= 0.3 is 0 Å². The maximum atomic E-state index is 12.1. The van der Waals surface area contributed by atoms with E-state index in [0.29, 0.717) is 18.7 Å². The van der Waals surface area contributed by atoms with Crippen molar-refractivity contribution in [3.8, 4) is 12.3 Å². The van der Waals surface area contributed by atoms with Crippen LogP contribution in [0.5, 0.6) is 0 Å². The van der Waals surface area contributed by atoms with Gasteiger partial charge in [0.1, 0.15) is 0 Å². The zero-order valence-corrected chi connectivity index (χ0v) is 9.60. The molecule has 0 radical (unpaired) electrons.